The number of nitrogens with one attached hydrogen (secondary N) is 2. The van der Waals surface area contributed by atoms with Gasteiger partial charge in [-0.1, -0.05) is 24.3 Å². The number of para-hydroxylation sites is 1. The monoisotopic (exact) mass is 687 g/mol. The number of aryl methyl sites for hydroxylation is 1. The van der Waals surface area contributed by atoms with Gasteiger partial charge in [-0.15, -0.1) is 0 Å². The van der Waals surface area contributed by atoms with Crippen LogP contribution in [0.5, 0.6) is 5.75 Å². The minimum Gasteiger partial charge on any atom is -0.490 e. The second-order valence-electron chi connectivity index (χ2n) is 15.1. The molecule has 4 amide bonds. The Hall–Kier alpha value is -4.03. The molecule has 50 heavy (non-hydrogen) atoms. The van der Waals surface area contributed by atoms with Gasteiger partial charge < -0.3 is 45.4 Å². The van der Waals surface area contributed by atoms with Gasteiger partial charge in [0.1, 0.15) is 12.4 Å². The van der Waals surface area contributed by atoms with E-state index in [0.717, 1.165) is 85.6 Å². The molecule has 1 atom stereocenters. The van der Waals surface area contributed by atoms with E-state index in [4.69, 9.17) is 15.2 Å². The van der Waals surface area contributed by atoms with Crippen molar-refractivity contribution >= 4 is 29.4 Å². The topological polar surface area (TPSA) is 133 Å². The van der Waals surface area contributed by atoms with E-state index < -0.39 is 12.2 Å². The Morgan fingerprint density at radius 2 is 1.68 bits per heavy atom. The predicted octanol–water partition coefficient (Wildman–Crippen LogP) is 4.21. The van der Waals surface area contributed by atoms with Crippen LogP contribution < -0.4 is 21.1 Å². The normalized spacial score (nSPS) is 22.3. The van der Waals surface area contributed by atoms with Gasteiger partial charge in [-0.05, 0) is 87.6 Å². The Kier molecular flexibility index (Phi) is 10.1. The van der Waals surface area contributed by atoms with Gasteiger partial charge >= 0.3 is 12.1 Å². The lowest BCUT2D eigenvalue weighted by atomic mass is 9.89. The summed E-state index contributed by atoms with van der Waals surface area (Å²) in [6.45, 7) is 10.3. The molecule has 0 aromatic heterocycles. The van der Waals surface area contributed by atoms with Crippen LogP contribution in [0, 0.1) is 6.92 Å². The Labute approximate surface area is 295 Å². The highest BCUT2D eigenvalue weighted by molar-refractivity contribution is 5.91. The van der Waals surface area contributed by atoms with Crippen LogP contribution in [0.1, 0.15) is 62.1 Å². The molecule has 0 unspecified atom stereocenters. The summed E-state index contributed by atoms with van der Waals surface area (Å²) in [6.07, 6.45) is 4.70. The number of benzene rings is 2. The molecule has 5 aliphatic heterocycles. The van der Waals surface area contributed by atoms with E-state index in [0.29, 0.717) is 58.2 Å². The third-order valence-corrected chi connectivity index (χ3v) is 11.5. The first-order chi connectivity index (χ1) is 24.1. The average Bonchev–Trinajstić information content (AvgIpc) is 3.29. The van der Waals surface area contributed by atoms with Crippen molar-refractivity contribution in [1.82, 2.24) is 19.6 Å². The smallest absolute Gasteiger partial charge is 0.410 e. The molecule has 3 fully saturated rings. The van der Waals surface area contributed by atoms with E-state index in [-0.39, 0.29) is 29.9 Å². The van der Waals surface area contributed by atoms with Crippen molar-refractivity contribution in [3.05, 3.63) is 53.1 Å². The van der Waals surface area contributed by atoms with Gasteiger partial charge in [0.2, 0.25) is 0 Å². The van der Waals surface area contributed by atoms with Gasteiger partial charge in [-0.25, -0.2) is 9.59 Å². The second kappa shape index (κ2) is 14.7. The number of ether oxygens (including phenoxy) is 2. The number of carbonyl (C=O) groups excluding carboxylic acids is 3. The molecule has 5 aliphatic rings. The number of hydrogen-bond acceptors (Lipinski definition) is 8. The zero-order valence-corrected chi connectivity index (χ0v) is 29.6. The maximum atomic E-state index is 14.2. The number of fused-ring (bicyclic) bond motifs is 2. The molecule has 0 bridgehead atoms. The number of rotatable bonds is 6. The first-order valence-corrected chi connectivity index (χ1v) is 18.6. The van der Waals surface area contributed by atoms with Crippen LogP contribution in [0.4, 0.5) is 21.0 Å². The Morgan fingerprint density at radius 1 is 0.980 bits per heavy atom. The van der Waals surface area contributed by atoms with Crippen LogP contribution in [-0.2, 0) is 22.4 Å². The summed E-state index contributed by atoms with van der Waals surface area (Å²) in [5.41, 5.74) is 11.2. The average molecular weight is 688 g/mol. The number of carbonyl (C=O) groups is 3. The van der Waals surface area contributed by atoms with Gasteiger partial charge in [-0.3, -0.25) is 4.79 Å². The lowest BCUT2D eigenvalue weighted by molar-refractivity contribution is -0.142. The van der Waals surface area contributed by atoms with E-state index in [2.05, 4.69) is 34.6 Å². The summed E-state index contributed by atoms with van der Waals surface area (Å²) < 4.78 is 12.1. The van der Waals surface area contributed by atoms with Crippen LogP contribution in [0.2, 0.25) is 0 Å². The van der Waals surface area contributed by atoms with E-state index in [9.17, 15) is 14.4 Å². The van der Waals surface area contributed by atoms with E-state index in [1.165, 1.54) is 0 Å². The lowest BCUT2D eigenvalue weighted by Crippen LogP contribution is -2.55. The summed E-state index contributed by atoms with van der Waals surface area (Å²) >= 11 is 0. The molecule has 7 rings (SSSR count). The largest absolute Gasteiger partial charge is 0.490 e. The van der Waals surface area contributed by atoms with Gasteiger partial charge in [-0.2, -0.15) is 0 Å². The van der Waals surface area contributed by atoms with Gasteiger partial charge in [0.25, 0.3) is 5.91 Å². The standard InChI is InChI=1S/C38H53N7O5/c1-26-23-27(24-32-34(26)40-14-22-49-32)25-33(35(46)43-15-8-29(9-16-43)42-20-12-38(2,39)13-21-42)50-37(48)44-17-10-30(11-18-44)45-19-7-28-5-3-4-6-31(28)41-36(45)47/h3-6,23-24,29-30,33,40H,7-22,25,39H2,1-2H3,(H,41,47)/t33-/m1/s1. The van der Waals surface area contributed by atoms with Crippen molar-refractivity contribution in [3.8, 4) is 5.75 Å². The van der Waals surface area contributed by atoms with Crippen molar-refractivity contribution < 1.29 is 23.9 Å². The molecule has 0 saturated carbocycles. The zero-order valence-electron chi connectivity index (χ0n) is 29.6. The number of likely N-dealkylation sites (tertiary alicyclic amines) is 3. The predicted molar refractivity (Wildman–Crippen MR) is 193 cm³/mol. The Morgan fingerprint density at radius 3 is 2.44 bits per heavy atom. The maximum Gasteiger partial charge on any atom is 0.410 e. The lowest BCUT2D eigenvalue weighted by Gasteiger charge is -2.44. The minimum atomic E-state index is -0.950. The number of nitrogens with zero attached hydrogens (tertiary/aromatic N) is 4. The zero-order chi connectivity index (χ0) is 34.8. The van der Waals surface area contributed by atoms with Crippen LogP contribution >= 0.6 is 0 Å². The minimum absolute atomic E-state index is 0.0256. The van der Waals surface area contributed by atoms with Gasteiger partial charge in [0.15, 0.2) is 6.10 Å². The molecule has 0 spiro atoms. The SMILES string of the molecule is Cc1cc(C[C@@H](OC(=O)N2CCC(N3CCc4ccccc4NC3=O)CC2)C(=O)N2CCC(N3CCC(C)(N)CC3)CC2)cc2c1NCCO2. The molecular formula is C38H53N7O5. The van der Waals surface area contributed by atoms with Crippen molar-refractivity contribution in [2.75, 3.05) is 69.6 Å². The molecule has 2 aromatic rings. The number of urea groups is 1. The molecule has 0 aliphatic carbocycles. The molecular weight excluding hydrogens is 634 g/mol. The molecule has 2 aromatic carbocycles. The fourth-order valence-corrected chi connectivity index (χ4v) is 8.36. The molecule has 0 radical (unpaired) electrons. The highest BCUT2D eigenvalue weighted by Gasteiger charge is 2.37. The summed E-state index contributed by atoms with van der Waals surface area (Å²) in [5.74, 6) is 0.623. The van der Waals surface area contributed by atoms with Crippen molar-refractivity contribution in [1.29, 1.82) is 0 Å². The van der Waals surface area contributed by atoms with Crippen molar-refractivity contribution in [2.45, 2.75) is 88.9 Å². The number of anilines is 2. The molecule has 12 nitrogen and oxygen atoms in total. The summed E-state index contributed by atoms with van der Waals surface area (Å²) in [5, 5.41) is 6.47. The third kappa shape index (κ3) is 7.66. The van der Waals surface area contributed by atoms with E-state index >= 15 is 0 Å². The quantitative estimate of drug-likeness (QED) is 0.412. The number of nitrogens with two attached hydrogens (primary N) is 1. The highest BCUT2D eigenvalue weighted by atomic mass is 16.6. The number of piperidine rings is 3. The molecule has 4 N–H and O–H groups in total. The summed E-state index contributed by atoms with van der Waals surface area (Å²) in [7, 11) is 0. The van der Waals surface area contributed by atoms with E-state index in [1.807, 2.05) is 41.0 Å². The van der Waals surface area contributed by atoms with Crippen LogP contribution in [-0.4, -0.2) is 120 Å². The summed E-state index contributed by atoms with van der Waals surface area (Å²) in [4.78, 5) is 49.1. The Balaban J connectivity index is 0.995. The maximum absolute atomic E-state index is 14.2. The number of amides is 4. The first-order valence-electron chi connectivity index (χ1n) is 18.6. The van der Waals surface area contributed by atoms with Crippen LogP contribution in [0.3, 0.4) is 0 Å². The van der Waals surface area contributed by atoms with Crippen molar-refractivity contribution in [3.63, 3.8) is 0 Å². The summed E-state index contributed by atoms with van der Waals surface area (Å²) in [6, 6.07) is 12.3. The number of hydrogen-bond donors (Lipinski definition) is 3. The first kappa shape index (κ1) is 34.4. The second-order valence-corrected chi connectivity index (χ2v) is 15.1. The highest BCUT2D eigenvalue weighted by Crippen LogP contribution is 2.33. The molecule has 3 saturated heterocycles. The molecule has 270 valence electrons. The molecule has 5 heterocycles. The fourth-order valence-electron chi connectivity index (χ4n) is 8.36. The van der Waals surface area contributed by atoms with Crippen molar-refractivity contribution in [2.24, 2.45) is 5.73 Å². The van der Waals surface area contributed by atoms with Crippen LogP contribution in [0.15, 0.2) is 36.4 Å². The van der Waals surface area contributed by atoms with Gasteiger partial charge in [0.05, 0.1) is 5.69 Å². The van der Waals surface area contributed by atoms with Crippen LogP contribution in [0.25, 0.3) is 0 Å². The third-order valence-electron chi connectivity index (χ3n) is 11.5. The molecule has 12 heteroatoms. The van der Waals surface area contributed by atoms with E-state index in [1.54, 1.807) is 4.90 Å². The fraction of sp³-hybridized carbons (Fsp3) is 0.605. The van der Waals surface area contributed by atoms with Gasteiger partial charge in [0, 0.05) is 82.1 Å². The Bertz CT molecular complexity index is 1560.